The summed E-state index contributed by atoms with van der Waals surface area (Å²) in [6, 6.07) is 9.42. The topological polar surface area (TPSA) is 80.0 Å². The summed E-state index contributed by atoms with van der Waals surface area (Å²) in [5.74, 6) is -0.378. The second-order valence-corrected chi connectivity index (χ2v) is 6.42. The quantitative estimate of drug-likeness (QED) is 0.593. The molecule has 4 atom stereocenters. The molecule has 2 rings (SSSR count). The molecule has 1 aliphatic heterocycles. The van der Waals surface area contributed by atoms with Gasteiger partial charge in [0.15, 0.2) is 0 Å². The van der Waals surface area contributed by atoms with E-state index in [0.29, 0.717) is 19.8 Å². The van der Waals surface area contributed by atoms with Crippen LogP contribution in [0.15, 0.2) is 30.3 Å². The van der Waals surface area contributed by atoms with Crippen LogP contribution >= 0.6 is 0 Å². The second-order valence-electron chi connectivity index (χ2n) is 6.42. The third-order valence-electron chi connectivity index (χ3n) is 4.31. The lowest BCUT2D eigenvalue weighted by molar-refractivity contribution is -0.159. The maximum absolute atomic E-state index is 12.0. The minimum atomic E-state index is -0.757. The first-order chi connectivity index (χ1) is 12.1. The molecule has 1 aliphatic rings. The summed E-state index contributed by atoms with van der Waals surface area (Å²) < 4.78 is 22.4. The molecule has 0 spiro atoms. The van der Waals surface area contributed by atoms with E-state index < -0.39 is 18.1 Å². The van der Waals surface area contributed by atoms with Gasteiger partial charge in [0.1, 0.15) is 12.1 Å². The van der Waals surface area contributed by atoms with Gasteiger partial charge in [0.25, 0.3) is 0 Å². The van der Waals surface area contributed by atoms with Crippen LogP contribution in [0, 0.1) is 5.92 Å². The van der Waals surface area contributed by atoms with Crippen molar-refractivity contribution in [2.45, 2.75) is 38.0 Å². The van der Waals surface area contributed by atoms with Gasteiger partial charge in [0.2, 0.25) is 0 Å². The largest absolute Gasteiger partial charge is 0.459 e. The van der Waals surface area contributed by atoms with Crippen molar-refractivity contribution in [3.05, 3.63) is 35.9 Å². The minimum Gasteiger partial charge on any atom is -0.459 e. The summed E-state index contributed by atoms with van der Waals surface area (Å²) in [6.07, 6.45) is 0.918. The van der Waals surface area contributed by atoms with E-state index in [-0.39, 0.29) is 18.6 Å². The first-order valence-corrected chi connectivity index (χ1v) is 8.80. The fourth-order valence-corrected chi connectivity index (χ4v) is 3.02. The molecule has 6 nitrogen and oxygen atoms in total. The summed E-state index contributed by atoms with van der Waals surface area (Å²) in [4.78, 5) is 12.0. The Morgan fingerprint density at radius 3 is 2.68 bits per heavy atom. The van der Waals surface area contributed by atoms with E-state index in [9.17, 15) is 4.79 Å². The lowest BCUT2D eigenvalue weighted by atomic mass is 9.91. The first kappa shape index (κ1) is 19.8. The van der Waals surface area contributed by atoms with Gasteiger partial charge >= 0.3 is 5.97 Å². The number of methoxy groups -OCH3 is 1. The number of benzene rings is 1. The van der Waals surface area contributed by atoms with Gasteiger partial charge in [0.05, 0.1) is 19.3 Å². The summed E-state index contributed by atoms with van der Waals surface area (Å²) in [5.41, 5.74) is 7.00. The van der Waals surface area contributed by atoms with Crippen molar-refractivity contribution in [3.8, 4) is 0 Å². The van der Waals surface area contributed by atoms with Gasteiger partial charge < -0.3 is 24.7 Å². The number of hydrogen-bond donors (Lipinski definition) is 1. The molecule has 0 radical (unpaired) electrons. The van der Waals surface area contributed by atoms with Crippen molar-refractivity contribution in [1.29, 1.82) is 0 Å². The lowest BCUT2D eigenvalue weighted by Crippen LogP contribution is -2.42. The Kier molecular flexibility index (Phi) is 8.34. The van der Waals surface area contributed by atoms with Gasteiger partial charge in [0, 0.05) is 26.2 Å². The molecule has 0 saturated carbocycles. The standard InChI is InChI=1S/C19H29NO5/c1-14-18(24-10-6-9-22-2)16(11-15-7-4-3-5-8-15)12-23-13-17(20)19(21)25-14/h3-5,7-8,14,16-18H,6,9-13,20H2,1-2H3/t14?,16?,17-,18?/m0/s1. The molecule has 3 unspecified atom stereocenters. The molecule has 0 aromatic heterocycles. The molecule has 25 heavy (non-hydrogen) atoms. The molecular formula is C19H29NO5. The van der Waals surface area contributed by atoms with Crippen LogP contribution in [-0.4, -0.2) is 57.8 Å². The van der Waals surface area contributed by atoms with Crippen LogP contribution in [0.1, 0.15) is 18.9 Å². The molecule has 0 aliphatic carbocycles. The zero-order chi connectivity index (χ0) is 18.1. The average Bonchev–Trinajstić information content (AvgIpc) is 2.65. The number of carbonyl (C=O) groups is 1. The molecule has 1 aromatic rings. The molecule has 140 valence electrons. The number of rotatable bonds is 7. The van der Waals surface area contributed by atoms with E-state index in [0.717, 1.165) is 12.8 Å². The first-order valence-electron chi connectivity index (χ1n) is 8.80. The third-order valence-corrected chi connectivity index (χ3v) is 4.31. The molecule has 1 fully saturated rings. The third kappa shape index (κ3) is 6.40. The van der Waals surface area contributed by atoms with Crippen LogP contribution in [0.25, 0.3) is 0 Å². The number of nitrogens with two attached hydrogens (primary N) is 1. The van der Waals surface area contributed by atoms with Gasteiger partial charge in [-0.15, -0.1) is 0 Å². The number of esters is 1. The SMILES string of the molecule is COCCCOC1C(Cc2ccccc2)COC[C@H](N)C(=O)OC1C. The van der Waals surface area contributed by atoms with E-state index >= 15 is 0 Å². The van der Waals surface area contributed by atoms with Crippen molar-refractivity contribution < 1.29 is 23.7 Å². The van der Waals surface area contributed by atoms with Crippen LogP contribution in [0.4, 0.5) is 0 Å². The van der Waals surface area contributed by atoms with Gasteiger partial charge in [-0.3, -0.25) is 4.79 Å². The minimum absolute atomic E-state index is 0.0676. The smallest absolute Gasteiger partial charge is 0.325 e. The Hall–Kier alpha value is -1.47. The molecule has 6 heteroatoms. The number of carbonyl (C=O) groups excluding carboxylic acids is 1. The fraction of sp³-hybridized carbons (Fsp3) is 0.632. The highest BCUT2D eigenvalue weighted by molar-refractivity contribution is 5.75. The van der Waals surface area contributed by atoms with E-state index in [2.05, 4.69) is 12.1 Å². The van der Waals surface area contributed by atoms with Gasteiger partial charge in [-0.05, 0) is 25.3 Å². The highest BCUT2D eigenvalue weighted by Crippen LogP contribution is 2.22. The van der Waals surface area contributed by atoms with E-state index in [1.165, 1.54) is 5.56 Å². The maximum atomic E-state index is 12.0. The second kappa shape index (κ2) is 10.5. The predicted octanol–water partition coefficient (Wildman–Crippen LogP) is 1.56. The highest BCUT2D eigenvalue weighted by Gasteiger charge is 2.33. The number of ether oxygens (including phenoxy) is 4. The van der Waals surface area contributed by atoms with Crippen LogP contribution in [-0.2, 0) is 30.2 Å². The normalized spacial score (nSPS) is 27.9. The molecule has 2 N–H and O–H groups in total. The van der Waals surface area contributed by atoms with Crippen molar-refractivity contribution in [3.63, 3.8) is 0 Å². The van der Waals surface area contributed by atoms with E-state index in [1.807, 2.05) is 25.1 Å². The van der Waals surface area contributed by atoms with Gasteiger partial charge in [-0.2, -0.15) is 0 Å². The maximum Gasteiger partial charge on any atom is 0.325 e. The molecule has 0 bridgehead atoms. The van der Waals surface area contributed by atoms with Crippen molar-refractivity contribution in [2.24, 2.45) is 11.7 Å². The Morgan fingerprint density at radius 1 is 1.20 bits per heavy atom. The number of hydrogen-bond acceptors (Lipinski definition) is 6. The van der Waals surface area contributed by atoms with Crippen molar-refractivity contribution in [2.75, 3.05) is 33.5 Å². The van der Waals surface area contributed by atoms with Crippen LogP contribution in [0.2, 0.25) is 0 Å². The highest BCUT2D eigenvalue weighted by atomic mass is 16.6. The Morgan fingerprint density at radius 2 is 1.96 bits per heavy atom. The Labute approximate surface area is 149 Å². The van der Waals surface area contributed by atoms with Crippen LogP contribution < -0.4 is 5.73 Å². The monoisotopic (exact) mass is 351 g/mol. The van der Waals surface area contributed by atoms with Gasteiger partial charge in [-0.25, -0.2) is 0 Å². The van der Waals surface area contributed by atoms with Crippen molar-refractivity contribution >= 4 is 5.97 Å². The Balaban J connectivity index is 2.11. The zero-order valence-corrected chi connectivity index (χ0v) is 15.1. The van der Waals surface area contributed by atoms with E-state index in [4.69, 9.17) is 24.7 Å². The van der Waals surface area contributed by atoms with Crippen LogP contribution in [0.5, 0.6) is 0 Å². The number of cyclic esters (lactones) is 1. The van der Waals surface area contributed by atoms with Crippen molar-refractivity contribution in [1.82, 2.24) is 0 Å². The van der Waals surface area contributed by atoms with Crippen LogP contribution in [0.3, 0.4) is 0 Å². The lowest BCUT2D eigenvalue weighted by Gasteiger charge is -2.30. The summed E-state index contributed by atoms with van der Waals surface area (Å²) >= 11 is 0. The summed E-state index contributed by atoms with van der Waals surface area (Å²) in [7, 11) is 1.66. The molecule has 1 saturated heterocycles. The Bertz CT molecular complexity index is 510. The summed E-state index contributed by atoms with van der Waals surface area (Å²) in [5, 5.41) is 0. The molecule has 0 amide bonds. The van der Waals surface area contributed by atoms with E-state index in [1.54, 1.807) is 7.11 Å². The molecule has 1 heterocycles. The molecular weight excluding hydrogens is 322 g/mol. The fourth-order valence-electron chi connectivity index (χ4n) is 3.02. The predicted molar refractivity (Wildman–Crippen MR) is 94.2 cm³/mol. The average molecular weight is 351 g/mol. The molecule has 1 aromatic carbocycles. The summed E-state index contributed by atoms with van der Waals surface area (Å²) in [6.45, 7) is 3.66. The zero-order valence-electron chi connectivity index (χ0n) is 15.1. The van der Waals surface area contributed by atoms with Gasteiger partial charge in [-0.1, -0.05) is 30.3 Å².